The molecule has 8 heteroatoms. The molecule has 21 heavy (non-hydrogen) atoms. The molecule has 1 aliphatic rings. The lowest BCUT2D eigenvalue weighted by Gasteiger charge is -2.34. The number of hydrogen-bond donors (Lipinski definition) is 3. The molecule has 1 aromatic rings. The molecule has 0 saturated carbocycles. The van der Waals surface area contributed by atoms with Gasteiger partial charge in [-0.05, 0) is 19.1 Å². The Hall–Kier alpha value is -1.03. The minimum absolute atomic E-state index is 0.0144. The Morgan fingerprint density at radius 3 is 2.48 bits per heavy atom. The maximum absolute atomic E-state index is 12.0. The first-order chi connectivity index (χ1) is 9.79. The van der Waals surface area contributed by atoms with Gasteiger partial charge in [0.15, 0.2) is 6.29 Å². The number of rotatable bonds is 4. The van der Waals surface area contributed by atoms with Gasteiger partial charge in [0.2, 0.25) is 0 Å². The molecule has 1 aromatic carbocycles. The van der Waals surface area contributed by atoms with E-state index in [0.29, 0.717) is 0 Å². The molecule has 1 aliphatic heterocycles. The third-order valence-electron chi connectivity index (χ3n) is 3.25. The maximum atomic E-state index is 12.0. The van der Waals surface area contributed by atoms with Crippen molar-refractivity contribution in [3.8, 4) is 0 Å². The highest BCUT2D eigenvalue weighted by atomic mass is 32.2. The lowest BCUT2D eigenvalue weighted by atomic mass is 10.0. The van der Waals surface area contributed by atoms with Crippen molar-refractivity contribution in [2.45, 2.75) is 42.8 Å². The van der Waals surface area contributed by atoms with Gasteiger partial charge >= 0.3 is 0 Å². The molecule has 3 N–H and O–H groups in total. The predicted octanol–water partition coefficient (Wildman–Crippen LogP) is -0.471. The van der Waals surface area contributed by atoms with E-state index in [9.17, 15) is 23.7 Å². The zero-order valence-corrected chi connectivity index (χ0v) is 12.2. The number of hydrogen-bond acceptors (Lipinski definition) is 7. The molecule has 2 rings (SSSR count). The first-order valence-electron chi connectivity index (χ1n) is 6.45. The first-order valence-corrected chi connectivity index (χ1v) is 7.86. The summed E-state index contributed by atoms with van der Waals surface area (Å²) >= 11 is 0. The van der Waals surface area contributed by atoms with Crippen LogP contribution in [0.5, 0.6) is 0 Å². The molecule has 0 unspecified atom stereocenters. The van der Waals surface area contributed by atoms with Crippen molar-refractivity contribution in [1.82, 2.24) is 0 Å². The van der Waals surface area contributed by atoms with Crippen LogP contribution in [0.4, 0.5) is 0 Å². The normalized spacial score (nSPS) is 30.3. The van der Waals surface area contributed by atoms with Gasteiger partial charge in [-0.3, -0.25) is 4.18 Å². The van der Waals surface area contributed by atoms with Gasteiger partial charge in [-0.15, -0.1) is 0 Å². The topological polar surface area (TPSA) is 113 Å². The van der Waals surface area contributed by atoms with Crippen molar-refractivity contribution >= 4 is 10.1 Å². The molecule has 0 spiro atoms. The van der Waals surface area contributed by atoms with Crippen molar-refractivity contribution in [3.63, 3.8) is 0 Å². The van der Waals surface area contributed by atoms with Gasteiger partial charge in [0.25, 0.3) is 10.1 Å². The van der Waals surface area contributed by atoms with Crippen molar-refractivity contribution in [2.24, 2.45) is 0 Å². The van der Waals surface area contributed by atoms with Crippen molar-refractivity contribution in [3.05, 3.63) is 29.8 Å². The summed E-state index contributed by atoms with van der Waals surface area (Å²) in [4.78, 5) is -0.0144. The molecular weight excluding hydrogens is 300 g/mol. The Bertz CT molecular complexity index is 569. The van der Waals surface area contributed by atoms with Crippen molar-refractivity contribution < 1.29 is 32.7 Å². The van der Waals surface area contributed by atoms with Crippen LogP contribution in [0.3, 0.4) is 0 Å². The summed E-state index contributed by atoms with van der Waals surface area (Å²) in [6.45, 7) is 1.33. The SMILES string of the molecule is Cc1ccc(S(=O)(=O)OC[C@H]2O[C@H](O)C[C@@H](O)[C@@H]2O)cc1. The fraction of sp³-hybridized carbons (Fsp3) is 0.538. The first kappa shape index (κ1) is 16.3. The smallest absolute Gasteiger partial charge is 0.297 e. The van der Waals surface area contributed by atoms with E-state index >= 15 is 0 Å². The van der Waals surface area contributed by atoms with Crippen LogP contribution in [0, 0.1) is 6.92 Å². The van der Waals surface area contributed by atoms with Gasteiger partial charge in [-0.25, -0.2) is 0 Å². The second-order valence-electron chi connectivity index (χ2n) is 4.97. The van der Waals surface area contributed by atoms with Gasteiger partial charge in [0, 0.05) is 6.42 Å². The molecule has 1 heterocycles. The van der Waals surface area contributed by atoms with Crippen molar-refractivity contribution in [2.75, 3.05) is 6.61 Å². The van der Waals surface area contributed by atoms with Gasteiger partial charge in [0.1, 0.15) is 12.2 Å². The summed E-state index contributed by atoms with van der Waals surface area (Å²) in [5, 5.41) is 28.5. The highest BCUT2D eigenvalue weighted by Crippen LogP contribution is 2.21. The molecule has 0 radical (unpaired) electrons. The second-order valence-corrected chi connectivity index (χ2v) is 6.59. The fourth-order valence-corrected chi connectivity index (χ4v) is 2.92. The van der Waals surface area contributed by atoms with Crippen molar-refractivity contribution in [1.29, 1.82) is 0 Å². The number of aryl methyl sites for hydroxylation is 1. The van der Waals surface area contributed by atoms with Crippen LogP contribution >= 0.6 is 0 Å². The van der Waals surface area contributed by atoms with Crippen LogP contribution in [-0.4, -0.2) is 54.9 Å². The molecule has 0 amide bonds. The molecule has 7 nitrogen and oxygen atoms in total. The van der Waals surface area contributed by atoms with E-state index in [1.165, 1.54) is 12.1 Å². The standard InChI is InChI=1S/C13H18O7S/c1-8-2-4-9(5-3-8)21(17,18)19-7-11-13(16)10(14)6-12(15)20-11/h2-5,10-16H,6-7H2,1H3/t10-,11-,12+,13+/m1/s1. The molecule has 0 bridgehead atoms. The Morgan fingerprint density at radius 1 is 1.24 bits per heavy atom. The fourth-order valence-electron chi connectivity index (χ4n) is 2.00. The number of benzene rings is 1. The van der Waals surface area contributed by atoms with E-state index in [1.54, 1.807) is 12.1 Å². The Balaban J connectivity index is 2.02. The molecule has 118 valence electrons. The molecule has 0 aliphatic carbocycles. The minimum Gasteiger partial charge on any atom is -0.390 e. The van der Waals surface area contributed by atoms with Crippen LogP contribution in [0.2, 0.25) is 0 Å². The summed E-state index contributed by atoms with van der Waals surface area (Å²) in [5.41, 5.74) is 0.909. The highest BCUT2D eigenvalue weighted by Gasteiger charge is 2.37. The summed E-state index contributed by atoms with van der Waals surface area (Å²) in [5.74, 6) is 0. The predicted molar refractivity (Wildman–Crippen MR) is 71.8 cm³/mol. The van der Waals surface area contributed by atoms with E-state index in [4.69, 9.17) is 8.92 Å². The summed E-state index contributed by atoms with van der Waals surface area (Å²) < 4.78 is 33.7. The van der Waals surface area contributed by atoms with Gasteiger partial charge in [-0.2, -0.15) is 8.42 Å². The molecular formula is C13H18O7S. The van der Waals surface area contributed by atoms with E-state index in [-0.39, 0.29) is 11.3 Å². The summed E-state index contributed by atoms with van der Waals surface area (Å²) in [6.07, 6.45) is -5.03. The average molecular weight is 318 g/mol. The Labute approximate surface area is 122 Å². The zero-order chi connectivity index (χ0) is 15.6. The molecule has 1 fully saturated rings. The van der Waals surface area contributed by atoms with Gasteiger partial charge < -0.3 is 20.1 Å². The highest BCUT2D eigenvalue weighted by molar-refractivity contribution is 7.86. The average Bonchev–Trinajstić information content (AvgIpc) is 2.42. The van der Waals surface area contributed by atoms with E-state index in [2.05, 4.69) is 0 Å². The Morgan fingerprint density at radius 2 is 1.86 bits per heavy atom. The van der Waals surface area contributed by atoms with Crippen LogP contribution in [-0.2, 0) is 19.0 Å². The lowest BCUT2D eigenvalue weighted by Crippen LogP contribution is -2.50. The van der Waals surface area contributed by atoms with Crippen LogP contribution in [0.1, 0.15) is 12.0 Å². The van der Waals surface area contributed by atoms with Gasteiger partial charge in [-0.1, -0.05) is 17.7 Å². The minimum atomic E-state index is -3.99. The van der Waals surface area contributed by atoms with Crippen LogP contribution in [0.25, 0.3) is 0 Å². The maximum Gasteiger partial charge on any atom is 0.297 e. The Kier molecular flexibility index (Phi) is 4.97. The summed E-state index contributed by atoms with van der Waals surface area (Å²) in [6, 6.07) is 6.09. The third kappa shape index (κ3) is 4.00. The quantitative estimate of drug-likeness (QED) is 0.643. The number of aliphatic hydroxyl groups excluding tert-OH is 3. The van der Waals surface area contributed by atoms with E-state index in [1.807, 2.05) is 6.92 Å². The largest absolute Gasteiger partial charge is 0.390 e. The van der Waals surface area contributed by atoms with E-state index < -0.39 is 41.3 Å². The molecule has 0 aromatic heterocycles. The van der Waals surface area contributed by atoms with E-state index in [0.717, 1.165) is 5.56 Å². The molecule has 4 atom stereocenters. The van der Waals surface area contributed by atoms with Gasteiger partial charge in [0.05, 0.1) is 17.6 Å². The van der Waals surface area contributed by atoms with Crippen LogP contribution in [0.15, 0.2) is 29.2 Å². The molecule has 1 saturated heterocycles. The second kappa shape index (κ2) is 6.39. The number of aliphatic hydroxyl groups is 3. The summed E-state index contributed by atoms with van der Waals surface area (Å²) in [7, 11) is -3.99. The van der Waals surface area contributed by atoms with Crippen LogP contribution < -0.4 is 0 Å². The lowest BCUT2D eigenvalue weighted by molar-refractivity contribution is -0.237. The monoisotopic (exact) mass is 318 g/mol. The third-order valence-corrected chi connectivity index (χ3v) is 4.54. The number of ether oxygens (including phenoxy) is 1. The zero-order valence-electron chi connectivity index (χ0n) is 11.4.